The zero-order valence-corrected chi connectivity index (χ0v) is 21.1. The molecule has 0 aliphatic rings. The fourth-order valence-electron chi connectivity index (χ4n) is 3.68. The first-order chi connectivity index (χ1) is 15.8. The summed E-state index contributed by atoms with van der Waals surface area (Å²) in [5.41, 5.74) is 0.0206. The van der Waals surface area contributed by atoms with Crippen molar-refractivity contribution >= 4 is 17.7 Å². The SMILES string of the molecule is CNC(=O)[C@H](Cc1ccccc1OC)NC(=O)[C@@H](NC(=O)[C@H](CC(C)C)C[N+](=O)[O-])C(C)(C)C. The fraction of sp³-hybridized carbons (Fsp3) is 0.625. The van der Waals surface area contributed by atoms with Crippen molar-refractivity contribution in [3.05, 3.63) is 39.9 Å². The summed E-state index contributed by atoms with van der Waals surface area (Å²) in [5, 5.41) is 19.1. The molecule has 0 heterocycles. The molecule has 0 fully saturated rings. The molecule has 0 saturated heterocycles. The lowest BCUT2D eigenvalue weighted by Gasteiger charge is -2.32. The summed E-state index contributed by atoms with van der Waals surface area (Å²) < 4.78 is 5.35. The average molecular weight is 479 g/mol. The minimum atomic E-state index is -1.01. The highest BCUT2D eigenvalue weighted by molar-refractivity contribution is 5.93. The number of benzene rings is 1. The number of nitrogens with zero attached hydrogens (tertiary/aromatic N) is 1. The van der Waals surface area contributed by atoms with Crippen LogP contribution in [-0.2, 0) is 20.8 Å². The summed E-state index contributed by atoms with van der Waals surface area (Å²) in [5.74, 6) is -1.71. The first kappa shape index (κ1) is 28.9. The van der Waals surface area contributed by atoms with E-state index in [1.807, 2.05) is 19.9 Å². The van der Waals surface area contributed by atoms with Crippen molar-refractivity contribution < 1.29 is 24.0 Å². The molecule has 10 nitrogen and oxygen atoms in total. The summed E-state index contributed by atoms with van der Waals surface area (Å²) >= 11 is 0. The Labute approximate surface area is 201 Å². The van der Waals surface area contributed by atoms with E-state index in [4.69, 9.17) is 4.74 Å². The summed E-state index contributed by atoms with van der Waals surface area (Å²) in [6.45, 7) is 8.56. The molecule has 10 heteroatoms. The lowest BCUT2D eigenvalue weighted by Crippen LogP contribution is -2.59. The Kier molecular flexibility index (Phi) is 11.0. The lowest BCUT2D eigenvalue weighted by molar-refractivity contribution is -0.486. The molecule has 3 atom stereocenters. The summed E-state index contributed by atoms with van der Waals surface area (Å²) in [6.07, 6.45) is 0.498. The van der Waals surface area contributed by atoms with Crippen LogP contribution in [-0.4, -0.2) is 55.4 Å². The highest BCUT2D eigenvalue weighted by atomic mass is 16.6. The maximum Gasteiger partial charge on any atom is 0.243 e. The molecule has 0 saturated carbocycles. The number of methoxy groups -OCH3 is 1. The van der Waals surface area contributed by atoms with E-state index < -0.39 is 52.6 Å². The van der Waals surface area contributed by atoms with Crippen LogP contribution in [0, 0.1) is 27.4 Å². The summed E-state index contributed by atoms with van der Waals surface area (Å²) in [4.78, 5) is 49.4. The van der Waals surface area contributed by atoms with E-state index >= 15 is 0 Å². The topological polar surface area (TPSA) is 140 Å². The minimum absolute atomic E-state index is 0.0658. The van der Waals surface area contributed by atoms with Crippen LogP contribution in [0.4, 0.5) is 0 Å². The molecule has 1 aromatic rings. The molecule has 0 aliphatic carbocycles. The molecule has 0 aromatic heterocycles. The number of hydrogen-bond donors (Lipinski definition) is 3. The Balaban J connectivity index is 3.14. The summed E-state index contributed by atoms with van der Waals surface area (Å²) in [7, 11) is 3.00. The Bertz CT molecular complexity index is 865. The average Bonchev–Trinajstić information content (AvgIpc) is 2.74. The number of carbonyl (C=O) groups is 3. The third-order valence-corrected chi connectivity index (χ3v) is 5.41. The molecule has 34 heavy (non-hydrogen) atoms. The molecule has 0 spiro atoms. The molecular formula is C24H38N4O6. The monoisotopic (exact) mass is 478 g/mol. The van der Waals surface area contributed by atoms with E-state index in [1.54, 1.807) is 39.0 Å². The van der Waals surface area contributed by atoms with Gasteiger partial charge in [0.1, 0.15) is 23.8 Å². The van der Waals surface area contributed by atoms with Gasteiger partial charge in [-0.05, 0) is 29.4 Å². The standard InChI is InChI=1S/C24H38N4O6/c1-15(2)12-17(14-28(32)33)21(29)27-20(24(3,4)5)23(31)26-18(22(30)25-6)13-16-10-8-9-11-19(16)34-7/h8-11,15,17-18,20H,12-14H2,1-7H3,(H,25,30)(H,26,31)(H,27,29)/t17-,18+,20-/m1/s1. The number of nitrogens with one attached hydrogen (secondary N) is 3. The van der Waals surface area contributed by atoms with Gasteiger partial charge in [0, 0.05) is 18.4 Å². The lowest BCUT2D eigenvalue weighted by atomic mass is 9.85. The van der Waals surface area contributed by atoms with Crippen molar-refractivity contribution in [2.24, 2.45) is 17.3 Å². The van der Waals surface area contributed by atoms with Crippen molar-refractivity contribution in [1.29, 1.82) is 0 Å². The van der Waals surface area contributed by atoms with E-state index in [0.717, 1.165) is 5.56 Å². The molecule has 0 radical (unpaired) electrons. The van der Waals surface area contributed by atoms with E-state index in [1.165, 1.54) is 14.2 Å². The normalized spacial score (nSPS) is 14.0. The van der Waals surface area contributed by atoms with Crippen LogP contribution < -0.4 is 20.7 Å². The minimum Gasteiger partial charge on any atom is -0.496 e. The van der Waals surface area contributed by atoms with Gasteiger partial charge in [-0.3, -0.25) is 24.5 Å². The second-order valence-corrected chi connectivity index (χ2v) is 9.84. The third-order valence-electron chi connectivity index (χ3n) is 5.41. The number of nitro groups is 1. The maximum atomic E-state index is 13.3. The van der Waals surface area contributed by atoms with Crippen molar-refractivity contribution in [1.82, 2.24) is 16.0 Å². The van der Waals surface area contributed by atoms with Gasteiger partial charge >= 0.3 is 0 Å². The van der Waals surface area contributed by atoms with Crippen molar-refractivity contribution in [3.63, 3.8) is 0 Å². The van der Waals surface area contributed by atoms with E-state index in [2.05, 4.69) is 16.0 Å². The van der Waals surface area contributed by atoms with Crippen LogP contribution in [0.5, 0.6) is 5.75 Å². The predicted molar refractivity (Wildman–Crippen MR) is 129 cm³/mol. The Hall–Kier alpha value is -3.17. The second-order valence-electron chi connectivity index (χ2n) is 9.84. The predicted octanol–water partition coefficient (Wildman–Crippen LogP) is 1.94. The second kappa shape index (κ2) is 12.9. The van der Waals surface area contributed by atoms with Gasteiger partial charge in [-0.2, -0.15) is 0 Å². The molecular weight excluding hydrogens is 440 g/mol. The number of amides is 3. The quantitative estimate of drug-likeness (QED) is 0.310. The molecule has 0 aliphatic heterocycles. The number of hydrogen-bond acceptors (Lipinski definition) is 6. The van der Waals surface area contributed by atoms with Gasteiger partial charge in [-0.25, -0.2) is 0 Å². The van der Waals surface area contributed by atoms with Crippen LogP contribution in [0.25, 0.3) is 0 Å². The van der Waals surface area contributed by atoms with Crippen LogP contribution in [0.1, 0.15) is 46.6 Å². The fourth-order valence-corrected chi connectivity index (χ4v) is 3.68. The number of para-hydroxylation sites is 1. The van der Waals surface area contributed by atoms with Crippen LogP contribution in [0.15, 0.2) is 24.3 Å². The number of rotatable bonds is 12. The molecule has 3 amide bonds. The number of ether oxygens (including phenoxy) is 1. The van der Waals surface area contributed by atoms with E-state index in [-0.39, 0.29) is 12.3 Å². The highest BCUT2D eigenvalue weighted by Gasteiger charge is 2.37. The largest absolute Gasteiger partial charge is 0.496 e. The maximum absolute atomic E-state index is 13.3. The third kappa shape index (κ3) is 8.99. The van der Waals surface area contributed by atoms with E-state index in [9.17, 15) is 24.5 Å². The van der Waals surface area contributed by atoms with Crippen molar-refractivity contribution in [3.8, 4) is 5.75 Å². The van der Waals surface area contributed by atoms with Crippen LogP contribution in [0.2, 0.25) is 0 Å². The van der Waals surface area contributed by atoms with Gasteiger partial charge in [0.15, 0.2) is 0 Å². The molecule has 3 N–H and O–H groups in total. The van der Waals surface area contributed by atoms with Gasteiger partial charge < -0.3 is 20.7 Å². The Morgan fingerprint density at radius 2 is 1.68 bits per heavy atom. The van der Waals surface area contributed by atoms with Gasteiger partial charge in [0.05, 0.1) is 7.11 Å². The first-order valence-corrected chi connectivity index (χ1v) is 11.4. The zero-order chi connectivity index (χ0) is 26.1. The van der Waals surface area contributed by atoms with Crippen LogP contribution in [0.3, 0.4) is 0 Å². The molecule has 1 rings (SSSR count). The number of carbonyl (C=O) groups excluding carboxylic acids is 3. The zero-order valence-electron chi connectivity index (χ0n) is 21.1. The first-order valence-electron chi connectivity index (χ1n) is 11.4. The van der Waals surface area contributed by atoms with Gasteiger partial charge in [0.2, 0.25) is 24.3 Å². The number of likely N-dealkylation sites (N-methyl/N-ethyl adjacent to an activating group) is 1. The molecule has 190 valence electrons. The molecule has 1 aromatic carbocycles. The molecule has 0 bridgehead atoms. The van der Waals surface area contributed by atoms with Crippen molar-refractivity contribution in [2.45, 2.75) is 59.5 Å². The Morgan fingerprint density at radius 1 is 1.06 bits per heavy atom. The Morgan fingerprint density at radius 3 is 2.18 bits per heavy atom. The van der Waals surface area contributed by atoms with E-state index in [0.29, 0.717) is 12.2 Å². The van der Waals surface area contributed by atoms with Crippen molar-refractivity contribution in [2.75, 3.05) is 20.7 Å². The van der Waals surface area contributed by atoms with Gasteiger partial charge in [-0.1, -0.05) is 52.8 Å². The summed E-state index contributed by atoms with van der Waals surface area (Å²) in [6, 6.07) is 5.26. The molecule has 0 unspecified atom stereocenters. The van der Waals surface area contributed by atoms with Gasteiger partial charge in [-0.15, -0.1) is 0 Å². The van der Waals surface area contributed by atoms with Gasteiger partial charge in [0.25, 0.3) is 0 Å². The highest BCUT2D eigenvalue weighted by Crippen LogP contribution is 2.23. The van der Waals surface area contributed by atoms with Crippen LogP contribution >= 0.6 is 0 Å². The smallest absolute Gasteiger partial charge is 0.243 e.